The first-order chi connectivity index (χ1) is 6.59. The average Bonchev–Trinajstić information content (AvgIpc) is 2.61. The van der Waals surface area contributed by atoms with Crippen LogP contribution in [0.5, 0.6) is 0 Å². The topological polar surface area (TPSA) is 3.24 Å². The van der Waals surface area contributed by atoms with E-state index in [-0.39, 0.29) is 0 Å². The lowest BCUT2D eigenvalue weighted by Gasteiger charge is -2.25. The van der Waals surface area contributed by atoms with Gasteiger partial charge in [0.2, 0.25) is 0 Å². The highest BCUT2D eigenvalue weighted by Gasteiger charge is 2.39. The summed E-state index contributed by atoms with van der Waals surface area (Å²) in [7, 11) is 2.28. The third-order valence-corrected chi connectivity index (χ3v) is 5.06. The molecular weight excluding hydrogens is 170 g/mol. The van der Waals surface area contributed by atoms with E-state index in [4.69, 9.17) is 0 Å². The minimum Gasteiger partial charge on any atom is -0.303 e. The molecule has 2 aliphatic rings. The zero-order valence-corrected chi connectivity index (χ0v) is 10.2. The van der Waals surface area contributed by atoms with Crippen LogP contribution in [-0.4, -0.2) is 24.5 Å². The molecule has 0 bridgehead atoms. The highest BCUT2D eigenvalue weighted by atomic mass is 15.1. The fraction of sp³-hybridized carbons (Fsp3) is 1.00. The van der Waals surface area contributed by atoms with Crippen molar-refractivity contribution < 1.29 is 0 Å². The lowest BCUT2D eigenvalue weighted by Crippen LogP contribution is -2.29. The van der Waals surface area contributed by atoms with Crippen LogP contribution in [0, 0.1) is 23.7 Å². The second-order valence-electron chi connectivity index (χ2n) is 5.86. The molecule has 0 radical (unpaired) electrons. The van der Waals surface area contributed by atoms with Gasteiger partial charge in [0.25, 0.3) is 0 Å². The first-order valence-corrected chi connectivity index (χ1v) is 6.29. The molecule has 0 amide bonds. The maximum Gasteiger partial charge on any atom is 0.00952 e. The normalized spacial score (nSPS) is 50.1. The summed E-state index contributed by atoms with van der Waals surface area (Å²) in [4.78, 5) is 2.54. The molecule has 4 unspecified atom stereocenters. The molecule has 1 heterocycles. The molecule has 2 fully saturated rings. The first-order valence-electron chi connectivity index (χ1n) is 6.29. The van der Waals surface area contributed by atoms with Crippen molar-refractivity contribution in [3.05, 3.63) is 0 Å². The largest absolute Gasteiger partial charge is 0.303 e. The maximum absolute atomic E-state index is 2.54. The number of nitrogens with zero attached hydrogens (tertiary/aromatic N) is 1. The van der Waals surface area contributed by atoms with Gasteiger partial charge in [0.05, 0.1) is 0 Å². The van der Waals surface area contributed by atoms with Crippen molar-refractivity contribution in [2.75, 3.05) is 13.6 Å². The fourth-order valence-corrected chi connectivity index (χ4v) is 3.62. The second-order valence-corrected chi connectivity index (χ2v) is 5.86. The fourth-order valence-electron chi connectivity index (χ4n) is 3.62. The van der Waals surface area contributed by atoms with Crippen molar-refractivity contribution in [1.82, 2.24) is 4.90 Å². The van der Waals surface area contributed by atoms with Gasteiger partial charge in [-0.25, -0.2) is 0 Å². The van der Waals surface area contributed by atoms with Crippen molar-refractivity contribution in [3.63, 3.8) is 0 Å². The summed E-state index contributed by atoms with van der Waals surface area (Å²) < 4.78 is 0. The number of likely N-dealkylation sites (tertiary alicyclic amines) is 1. The van der Waals surface area contributed by atoms with Gasteiger partial charge < -0.3 is 4.90 Å². The van der Waals surface area contributed by atoms with E-state index in [0.29, 0.717) is 0 Å². The molecule has 1 heteroatoms. The van der Waals surface area contributed by atoms with Crippen LogP contribution in [0.2, 0.25) is 0 Å². The van der Waals surface area contributed by atoms with E-state index in [1.807, 2.05) is 0 Å². The Kier molecular flexibility index (Phi) is 2.88. The van der Waals surface area contributed by atoms with Crippen LogP contribution in [0.4, 0.5) is 0 Å². The highest BCUT2D eigenvalue weighted by Crippen LogP contribution is 2.44. The summed E-state index contributed by atoms with van der Waals surface area (Å²) in [5.74, 6) is 3.96. The summed E-state index contributed by atoms with van der Waals surface area (Å²) in [6.45, 7) is 8.62. The number of rotatable bonds is 1. The SMILES string of the molecule is CC1CC(C2CCN(C)C2C)C[C@H]1C. The monoisotopic (exact) mass is 195 g/mol. The quantitative estimate of drug-likeness (QED) is 0.621. The van der Waals surface area contributed by atoms with Gasteiger partial charge in [-0.3, -0.25) is 0 Å². The summed E-state index contributed by atoms with van der Waals surface area (Å²) in [6, 6.07) is 0.831. The molecule has 1 nitrogen and oxygen atoms in total. The standard InChI is InChI=1S/C13H25N/c1-9-7-12(8-10(9)2)13-5-6-14(4)11(13)3/h9-13H,5-8H2,1-4H3/t9-,10?,11?,12?,13?/m1/s1. The summed E-state index contributed by atoms with van der Waals surface area (Å²) in [5, 5.41) is 0. The molecule has 2 rings (SSSR count). The third kappa shape index (κ3) is 1.71. The predicted octanol–water partition coefficient (Wildman–Crippen LogP) is 3.01. The van der Waals surface area contributed by atoms with Crippen LogP contribution in [0.3, 0.4) is 0 Å². The van der Waals surface area contributed by atoms with E-state index in [0.717, 1.165) is 29.7 Å². The molecule has 82 valence electrons. The van der Waals surface area contributed by atoms with Crippen molar-refractivity contribution in [1.29, 1.82) is 0 Å². The number of hydrogen-bond acceptors (Lipinski definition) is 1. The van der Waals surface area contributed by atoms with E-state index in [9.17, 15) is 0 Å². The molecule has 14 heavy (non-hydrogen) atoms. The summed E-state index contributed by atoms with van der Waals surface area (Å²) in [5.41, 5.74) is 0. The van der Waals surface area contributed by atoms with Crippen LogP contribution >= 0.6 is 0 Å². The minimum absolute atomic E-state index is 0.831. The zero-order valence-electron chi connectivity index (χ0n) is 10.2. The Morgan fingerprint density at radius 2 is 1.57 bits per heavy atom. The van der Waals surface area contributed by atoms with Crippen molar-refractivity contribution in [2.24, 2.45) is 23.7 Å². The Morgan fingerprint density at radius 1 is 1.00 bits per heavy atom. The smallest absolute Gasteiger partial charge is 0.00952 e. The number of hydrogen-bond donors (Lipinski definition) is 0. The van der Waals surface area contributed by atoms with Gasteiger partial charge >= 0.3 is 0 Å². The Balaban J connectivity index is 1.97. The van der Waals surface area contributed by atoms with Crippen molar-refractivity contribution in [3.8, 4) is 0 Å². The van der Waals surface area contributed by atoms with Crippen LogP contribution in [0.15, 0.2) is 0 Å². The van der Waals surface area contributed by atoms with Crippen molar-refractivity contribution in [2.45, 2.75) is 46.1 Å². The van der Waals surface area contributed by atoms with Crippen LogP contribution in [-0.2, 0) is 0 Å². The summed E-state index contributed by atoms with van der Waals surface area (Å²) in [6.07, 6.45) is 4.43. The van der Waals surface area contributed by atoms with Gasteiger partial charge in [-0.1, -0.05) is 13.8 Å². The minimum atomic E-state index is 0.831. The molecule has 1 aliphatic carbocycles. The molecule has 1 saturated carbocycles. The molecule has 0 aromatic carbocycles. The molecule has 0 aromatic heterocycles. The molecule has 0 spiro atoms. The highest BCUT2D eigenvalue weighted by molar-refractivity contribution is 4.91. The van der Waals surface area contributed by atoms with Crippen LogP contribution in [0.25, 0.3) is 0 Å². The van der Waals surface area contributed by atoms with Gasteiger partial charge in [-0.2, -0.15) is 0 Å². The van der Waals surface area contributed by atoms with Gasteiger partial charge in [0.1, 0.15) is 0 Å². The van der Waals surface area contributed by atoms with E-state index >= 15 is 0 Å². The van der Waals surface area contributed by atoms with Crippen LogP contribution in [0.1, 0.15) is 40.0 Å². The van der Waals surface area contributed by atoms with Crippen LogP contribution < -0.4 is 0 Å². The van der Waals surface area contributed by atoms with Gasteiger partial charge in [-0.05, 0) is 63.5 Å². The molecule has 1 aliphatic heterocycles. The van der Waals surface area contributed by atoms with E-state index in [1.54, 1.807) is 0 Å². The van der Waals surface area contributed by atoms with E-state index < -0.39 is 0 Å². The molecule has 0 aromatic rings. The van der Waals surface area contributed by atoms with Gasteiger partial charge in [-0.15, -0.1) is 0 Å². The van der Waals surface area contributed by atoms with Crippen molar-refractivity contribution >= 4 is 0 Å². The van der Waals surface area contributed by atoms with E-state index in [2.05, 4.69) is 32.7 Å². The maximum atomic E-state index is 2.54. The molecule has 5 atom stereocenters. The Morgan fingerprint density at radius 3 is 2.00 bits per heavy atom. The predicted molar refractivity (Wildman–Crippen MR) is 61.3 cm³/mol. The van der Waals surface area contributed by atoms with Gasteiger partial charge in [0.15, 0.2) is 0 Å². The summed E-state index contributed by atoms with van der Waals surface area (Å²) >= 11 is 0. The Hall–Kier alpha value is -0.0400. The average molecular weight is 195 g/mol. The molecule has 1 saturated heterocycles. The Bertz CT molecular complexity index is 191. The lowest BCUT2D eigenvalue weighted by molar-refractivity contribution is 0.234. The third-order valence-electron chi connectivity index (χ3n) is 5.06. The second kappa shape index (κ2) is 3.84. The molecule has 0 N–H and O–H groups in total. The molecular formula is C13H25N. The Labute approximate surface area is 88.9 Å². The lowest BCUT2D eigenvalue weighted by atomic mass is 9.85. The zero-order chi connectivity index (χ0) is 10.3. The van der Waals surface area contributed by atoms with Gasteiger partial charge in [0, 0.05) is 6.04 Å². The first kappa shape index (κ1) is 10.5. The van der Waals surface area contributed by atoms with E-state index in [1.165, 1.54) is 25.8 Å².